The fourth-order valence-electron chi connectivity index (χ4n) is 2.39. The van der Waals surface area contributed by atoms with Crippen LogP contribution in [0.4, 0.5) is 0 Å². The van der Waals surface area contributed by atoms with Crippen molar-refractivity contribution in [1.82, 2.24) is 14.9 Å². The monoisotopic (exact) mass is 391 g/mol. The molecule has 0 aromatic heterocycles. The van der Waals surface area contributed by atoms with Crippen molar-refractivity contribution in [3.05, 3.63) is 29.8 Å². The molecule has 1 saturated heterocycles. The Morgan fingerprint density at radius 1 is 1.36 bits per heavy atom. The second-order valence-corrected chi connectivity index (χ2v) is 7.72. The third-order valence-corrected chi connectivity index (χ3v) is 5.39. The molecule has 1 aliphatic heterocycles. The number of aryl methyl sites for hydroxylation is 1. The van der Waals surface area contributed by atoms with E-state index >= 15 is 0 Å². The van der Waals surface area contributed by atoms with Gasteiger partial charge in [0.15, 0.2) is 0 Å². The van der Waals surface area contributed by atoms with E-state index in [1.54, 1.807) is 31.3 Å². The molecule has 2 N–H and O–H groups in total. The van der Waals surface area contributed by atoms with Crippen molar-refractivity contribution < 1.29 is 17.9 Å². The van der Waals surface area contributed by atoms with Gasteiger partial charge in [-0.3, -0.25) is 4.79 Å². The summed E-state index contributed by atoms with van der Waals surface area (Å²) in [5.74, 6) is -0.0347. The number of sulfonamides is 1. The summed E-state index contributed by atoms with van der Waals surface area (Å²) in [4.78, 5) is 13.9. The van der Waals surface area contributed by atoms with E-state index < -0.39 is 10.0 Å². The molecule has 1 aromatic carbocycles. The molecule has 9 heteroatoms. The lowest BCUT2D eigenvalue weighted by Gasteiger charge is -2.25. The minimum atomic E-state index is -3.55. The molecule has 0 radical (unpaired) electrons. The largest absolute Gasteiger partial charge is 0.378 e. The minimum Gasteiger partial charge on any atom is -0.378 e. The van der Waals surface area contributed by atoms with Crippen molar-refractivity contribution in [2.45, 2.75) is 24.3 Å². The Bertz CT molecular complexity index is 646. The van der Waals surface area contributed by atoms with Crippen LogP contribution in [-0.2, 0) is 19.6 Å². The number of benzene rings is 1. The van der Waals surface area contributed by atoms with E-state index in [0.29, 0.717) is 26.2 Å². The summed E-state index contributed by atoms with van der Waals surface area (Å²) in [5.41, 5.74) is 1.000. The molecule has 0 bridgehead atoms. The summed E-state index contributed by atoms with van der Waals surface area (Å²) >= 11 is 0. The summed E-state index contributed by atoms with van der Waals surface area (Å²) < 4.78 is 32.2. The number of hydrogen-bond acceptors (Lipinski definition) is 5. The summed E-state index contributed by atoms with van der Waals surface area (Å²) in [7, 11) is -1.87. The van der Waals surface area contributed by atoms with E-state index in [1.165, 1.54) is 4.90 Å². The Morgan fingerprint density at radius 3 is 2.64 bits per heavy atom. The second kappa shape index (κ2) is 10.1. The van der Waals surface area contributed by atoms with Gasteiger partial charge in [-0.1, -0.05) is 17.7 Å². The fraction of sp³-hybridized carbons (Fsp3) is 0.562. The number of nitrogens with one attached hydrogen (secondary N) is 2. The first-order chi connectivity index (χ1) is 11.4. The Morgan fingerprint density at radius 2 is 2.04 bits per heavy atom. The number of halogens is 1. The molecule has 0 aliphatic carbocycles. The maximum atomic E-state index is 12.2. The highest BCUT2D eigenvalue weighted by Gasteiger charge is 2.20. The quantitative estimate of drug-likeness (QED) is 0.708. The second-order valence-electron chi connectivity index (χ2n) is 5.96. The lowest BCUT2D eigenvalue weighted by Crippen LogP contribution is -2.45. The Labute approximate surface area is 155 Å². The first kappa shape index (κ1) is 21.9. The zero-order valence-electron chi connectivity index (χ0n) is 14.5. The van der Waals surface area contributed by atoms with E-state index in [4.69, 9.17) is 4.74 Å². The maximum Gasteiger partial charge on any atom is 0.240 e. The van der Waals surface area contributed by atoms with Gasteiger partial charge in [-0.05, 0) is 19.1 Å². The van der Waals surface area contributed by atoms with Gasteiger partial charge in [0.1, 0.15) is 0 Å². The van der Waals surface area contributed by atoms with Crippen molar-refractivity contribution in [3.8, 4) is 0 Å². The van der Waals surface area contributed by atoms with Crippen LogP contribution in [-0.4, -0.2) is 65.2 Å². The lowest BCUT2D eigenvalue weighted by atomic mass is 10.2. The number of rotatable bonds is 7. The lowest BCUT2D eigenvalue weighted by molar-refractivity contribution is -0.131. The summed E-state index contributed by atoms with van der Waals surface area (Å²) in [6, 6.07) is 6.67. The van der Waals surface area contributed by atoms with Gasteiger partial charge in [-0.15, -0.1) is 12.4 Å². The van der Waals surface area contributed by atoms with Crippen molar-refractivity contribution in [2.24, 2.45) is 0 Å². The predicted octanol–water partition coefficient (Wildman–Crippen LogP) is 0.532. The van der Waals surface area contributed by atoms with Crippen molar-refractivity contribution in [1.29, 1.82) is 0 Å². The number of carbonyl (C=O) groups excluding carboxylic acids is 1. The van der Waals surface area contributed by atoms with Gasteiger partial charge in [0.05, 0.1) is 18.1 Å². The van der Waals surface area contributed by atoms with Crippen LogP contribution < -0.4 is 10.0 Å². The molecule has 7 nitrogen and oxygen atoms in total. The van der Waals surface area contributed by atoms with Crippen LogP contribution in [0.5, 0.6) is 0 Å². The Balaban J connectivity index is 0.00000312. The van der Waals surface area contributed by atoms with Gasteiger partial charge in [0.25, 0.3) is 0 Å². The number of ether oxygens (including phenoxy) is 1. The van der Waals surface area contributed by atoms with Crippen LogP contribution in [0.1, 0.15) is 12.0 Å². The zero-order chi connectivity index (χ0) is 17.6. The van der Waals surface area contributed by atoms with Crippen LogP contribution in [0.2, 0.25) is 0 Å². The van der Waals surface area contributed by atoms with Gasteiger partial charge in [0.2, 0.25) is 15.9 Å². The van der Waals surface area contributed by atoms with E-state index in [0.717, 1.165) is 12.1 Å². The van der Waals surface area contributed by atoms with Gasteiger partial charge in [0, 0.05) is 39.1 Å². The van der Waals surface area contributed by atoms with Crippen LogP contribution in [0, 0.1) is 6.92 Å². The molecular weight excluding hydrogens is 366 g/mol. The predicted molar refractivity (Wildman–Crippen MR) is 98.5 cm³/mol. The standard InChI is InChI=1S/C16H25N3O4S.ClH/c1-13-3-5-15(6-4-13)24(21,22)18-7-9-19(2)16(20)11-14-12-23-10-8-17-14;/h3-6,14,17-18H,7-12H2,1-2H3;1H. The molecule has 1 aromatic rings. The van der Waals surface area contributed by atoms with E-state index in [9.17, 15) is 13.2 Å². The highest BCUT2D eigenvalue weighted by molar-refractivity contribution is 7.89. The number of carbonyl (C=O) groups is 1. The molecule has 1 heterocycles. The molecule has 1 atom stereocenters. The van der Waals surface area contributed by atoms with Crippen LogP contribution in [0.15, 0.2) is 29.2 Å². The first-order valence-corrected chi connectivity index (χ1v) is 9.48. The summed E-state index contributed by atoms with van der Waals surface area (Å²) in [6.07, 6.45) is 0.348. The molecule has 1 fully saturated rings. The average molecular weight is 392 g/mol. The highest BCUT2D eigenvalue weighted by Crippen LogP contribution is 2.09. The number of hydrogen-bond donors (Lipinski definition) is 2. The average Bonchev–Trinajstić information content (AvgIpc) is 2.56. The molecule has 1 aliphatic rings. The molecule has 0 spiro atoms. The normalized spacial score (nSPS) is 17.6. The first-order valence-electron chi connectivity index (χ1n) is 8.00. The van der Waals surface area contributed by atoms with Crippen LogP contribution in [0.25, 0.3) is 0 Å². The maximum absolute atomic E-state index is 12.2. The van der Waals surface area contributed by atoms with Gasteiger partial charge in [-0.2, -0.15) is 0 Å². The summed E-state index contributed by atoms with van der Waals surface area (Å²) in [5, 5.41) is 3.23. The number of morpholine rings is 1. The van der Waals surface area contributed by atoms with Crippen molar-refractivity contribution in [2.75, 3.05) is 39.9 Å². The molecule has 1 unspecified atom stereocenters. The molecule has 25 heavy (non-hydrogen) atoms. The van der Waals surface area contributed by atoms with E-state index in [-0.39, 0.29) is 35.8 Å². The Kier molecular flexibility index (Phi) is 8.81. The molecule has 1 amide bonds. The molecule has 142 valence electrons. The van der Waals surface area contributed by atoms with E-state index in [2.05, 4.69) is 10.0 Å². The van der Waals surface area contributed by atoms with Gasteiger partial charge < -0.3 is 15.0 Å². The highest BCUT2D eigenvalue weighted by atomic mass is 35.5. The summed E-state index contributed by atoms with van der Waals surface area (Å²) in [6.45, 7) is 4.33. The smallest absolute Gasteiger partial charge is 0.240 e. The minimum absolute atomic E-state index is 0. The fourth-order valence-corrected chi connectivity index (χ4v) is 3.41. The number of amides is 1. The molecule has 0 saturated carbocycles. The van der Waals surface area contributed by atoms with E-state index in [1.807, 2.05) is 6.92 Å². The number of likely N-dealkylation sites (N-methyl/N-ethyl adjacent to an activating group) is 1. The van der Waals surface area contributed by atoms with Crippen LogP contribution >= 0.6 is 12.4 Å². The Hall–Kier alpha value is -1.19. The molecular formula is C16H26ClN3O4S. The zero-order valence-corrected chi connectivity index (χ0v) is 16.2. The van der Waals surface area contributed by atoms with Crippen molar-refractivity contribution >= 4 is 28.3 Å². The topological polar surface area (TPSA) is 87.7 Å². The number of nitrogens with zero attached hydrogens (tertiary/aromatic N) is 1. The van der Waals surface area contributed by atoms with Crippen LogP contribution in [0.3, 0.4) is 0 Å². The third-order valence-electron chi connectivity index (χ3n) is 3.92. The SMILES string of the molecule is Cc1ccc(S(=O)(=O)NCCN(C)C(=O)CC2COCCN2)cc1.Cl. The van der Waals surface area contributed by atoms with Gasteiger partial charge in [-0.25, -0.2) is 13.1 Å². The third kappa shape index (κ3) is 6.91. The van der Waals surface area contributed by atoms with Gasteiger partial charge >= 0.3 is 0 Å². The van der Waals surface area contributed by atoms with Crippen molar-refractivity contribution in [3.63, 3.8) is 0 Å². The molecule has 2 rings (SSSR count).